The minimum atomic E-state index is -1.68. The Morgan fingerprint density at radius 2 is 1.51 bits per heavy atom. The molecule has 2 saturated heterocycles. The second-order valence-corrected chi connectivity index (χ2v) is 8.73. The zero-order valence-corrected chi connectivity index (χ0v) is 19.9. The van der Waals surface area contributed by atoms with Gasteiger partial charge in [-0.1, -0.05) is 29.8 Å². The normalized spacial score (nSPS) is 37.7. The fraction of sp³-hybridized carbons (Fsp3) is 0.583. The molecule has 4 N–H and O–H groups in total. The average molecular weight is 497 g/mol. The highest BCUT2D eigenvalue weighted by Crippen LogP contribution is 2.31. The van der Waals surface area contributed by atoms with Gasteiger partial charge in [-0.3, -0.25) is 4.79 Å². The maximum Gasteiger partial charge on any atom is 0.331 e. The Hall–Kier alpha value is -2.38. The molecule has 10 unspecified atom stereocenters. The highest BCUT2D eigenvalue weighted by atomic mass is 16.7. The summed E-state index contributed by atoms with van der Waals surface area (Å²) in [5.41, 5.74) is 1.84. The Morgan fingerprint density at radius 1 is 0.857 bits per heavy atom. The van der Waals surface area contributed by atoms with Crippen molar-refractivity contribution in [3.8, 4) is 0 Å². The fourth-order valence-corrected chi connectivity index (χ4v) is 3.92. The first-order valence-electron chi connectivity index (χ1n) is 11.3. The Labute approximate surface area is 202 Å². The Morgan fingerprint density at radius 3 is 2.14 bits per heavy atom. The number of hydrogen-bond donors (Lipinski definition) is 4. The molecule has 0 aromatic heterocycles. The van der Waals surface area contributed by atoms with E-state index in [9.17, 15) is 30.0 Å². The minimum Gasteiger partial charge on any atom is -0.455 e. The van der Waals surface area contributed by atoms with Crippen molar-refractivity contribution in [2.24, 2.45) is 0 Å². The quantitative estimate of drug-likeness (QED) is 0.305. The molecule has 2 heterocycles. The van der Waals surface area contributed by atoms with E-state index in [1.807, 2.05) is 31.2 Å². The summed E-state index contributed by atoms with van der Waals surface area (Å²) in [6.07, 6.45) is -10.8. The molecule has 0 amide bonds. The molecule has 0 bridgehead atoms. The van der Waals surface area contributed by atoms with Gasteiger partial charge in [0.2, 0.25) is 0 Å². The lowest BCUT2D eigenvalue weighted by Crippen LogP contribution is -2.64. The molecule has 194 valence electrons. The van der Waals surface area contributed by atoms with Gasteiger partial charge in [0.15, 0.2) is 30.9 Å². The van der Waals surface area contributed by atoms with Crippen LogP contribution in [0.4, 0.5) is 0 Å². The second-order valence-electron chi connectivity index (χ2n) is 8.73. The van der Waals surface area contributed by atoms with Crippen molar-refractivity contribution in [2.75, 3.05) is 0 Å². The van der Waals surface area contributed by atoms with Gasteiger partial charge in [0, 0.05) is 13.0 Å². The molecule has 1 aromatic carbocycles. The van der Waals surface area contributed by atoms with E-state index in [0.29, 0.717) is 0 Å². The van der Waals surface area contributed by atoms with Crippen LogP contribution in [0.15, 0.2) is 30.3 Å². The first kappa shape index (κ1) is 27.2. The third-order valence-electron chi connectivity index (χ3n) is 5.89. The molecule has 2 fully saturated rings. The van der Waals surface area contributed by atoms with E-state index in [4.69, 9.17) is 23.7 Å². The van der Waals surface area contributed by atoms with Crippen molar-refractivity contribution in [3.05, 3.63) is 41.5 Å². The number of aryl methyl sites for hydroxylation is 1. The van der Waals surface area contributed by atoms with E-state index in [2.05, 4.69) is 0 Å². The molecule has 0 radical (unpaired) electrons. The maximum atomic E-state index is 12.5. The monoisotopic (exact) mass is 496 g/mol. The van der Waals surface area contributed by atoms with Crippen LogP contribution >= 0.6 is 0 Å². The molecule has 2 aliphatic rings. The summed E-state index contributed by atoms with van der Waals surface area (Å²) >= 11 is 0. The molecule has 35 heavy (non-hydrogen) atoms. The molecule has 10 atom stereocenters. The van der Waals surface area contributed by atoms with Crippen LogP contribution in [-0.2, 0) is 33.3 Å². The summed E-state index contributed by atoms with van der Waals surface area (Å²) in [4.78, 5) is 24.4. The number of carbonyl (C=O) groups excluding carboxylic acids is 2. The smallest absolute Gasteiger partial charge is 0.331 e. The molecule has 2 aliphatic heterocycles. The molecule has 0 aliphatic carbocycles. The molecule has 1 aromatic rings. The van der Waals surface area contributed by atoms with Crippen LogP contribution in [0.3, 0.4) is 0 Å². The van der Waals surface area contributed by atoms with Crippen molar-refractivity contribution in [2.45, 2.75) is 89.1 Å². The summed E-state index contributed by atoms with van der Waals surface area (Å²) in [5.74, 6) is -1.49. The van der Waals surface area contributed by atoms with Gasteiger partial charge in [-0.25, -0.2) is 4.79 Å². The van der Waals surface area contributed by atoms with Crippen LogP contribution in [0.1, 0.15) is 31.9 Å². The van der Waals surface area contributed by atoms with Crippen molar-refractivity contribution in [1.82, 2.24) is 0 Å². The maximum absolute atomic E-state index is 12.5. The lowest BCUT2D eigenvalue weighted by Gasteiger charge is -2.45. The predicted molar refractivity (Wildman–Crippen MR) is 119 cm³/mol. The molecular formula is C24H32O11. The molecule has 3 rings (SSSR count). The van der Waals surface area contributed by atoms with Gasteiger partial charge in [-0.2, -0.15) is 0 Å². The summed E-state index contributed by atoms with van der Waals surface area (Å²) in [7, 11) is 0. The van der Waals surface area contributed by atoms with Crippen molar-refractivity contribution >= 4 is 18.0 Å². The second kappa shape index (κ2) is 11.6. The van der Waals surface area contributed by atoms with E-state index in [0.717, 1.165) is 18.1 Å². The van der Waals surface area contributed by atoms with Crippen LogP contribution < -0.4 is 0 Å². The fourth-order valence-electron chi connectivity index (χ4n) is 3.92. The number of aliphatic hydroxyl groups excluding tert-OH is 4. The van der Waals surface area contributed by atoms with E-state index in [-0.39, 0.29) is 0 Å². The van der Waals surface area contributed by atoms with Crippen molar-refractivity contribution in [1.29, 1.82) is 0 Å². The largest absolute Gasteiger partial charge is 0.455 e. The zero-order chi connectivity index (χ0) is 25.9. The average Bonchev–Trinajstić information content (AvgIpc) is 2.80. The topological polar surface area (TPSA) is 161 Å². The summed E-state index contributed by atoms with van der Waals surface area (Å²) in [6.45, 7) is 6.05. The van der Waals surface area contributed by atoms with Crippen LogP contribution in [0.5, 0.6) is 0 Å². The van der Waals surface area contributed by atoms with Gasteiger partial charge in [0.25, 0.3) is 0 Å². The lowest BCUT2D eigenvalue weighted by molar-refractivity contribution is -0.356. The van der Waals surface area contributed by atoms with Crippen molar-refractivity contribution in [3.63, 3.8) is 0 Å². The lowest BCUT2D eigenvalue weighted by atomic mass is 9.97. The van der Waals surface area contributed by atoms with Crippen LogP contribution in [0.25, 0.3) is 6.08 Å². The number of hydrogen-bond acceptors (Lipinski definition) is 11. The van der Waals surface area contributed by atoms with E-state index in [1.165, 1.54) is 19.9 Å². The van der Waals surface area contributed by atoms with Gasteiger partial charge < -0.3 is 44.1 Å². The Balaban J connectivity index is 1.78. The number of ether oxygens (including phenoxy) is 5. The van der Waals surface area contributed by atoms with Crippen molar-refractivity contribution < 1.29 is 53.7 Å². The molecular weight excluding hydrogens is 464 g/mol. The van der Waals surface area contributed by atoms with Gasteiger partial charge >= 0.3 is 11.9 Å². The first-order valence-corrected chi connectivity index (χ1v) is 11.3. The molecule has 0 saturated carbocycles. The van der Waals surface area contributed by atoms with Gasteiger partial charge in [0.05, 0.1) is 12.2 Å². The zero-order valence-electron chi connectivity index (χ0n) is 19.9. The van der Waals surface area contributed by atoms with Crippen LogP contribution in [-0.4, -0.2) is 93.8 Å². The summed E-state index contributed by atoms with van der Waals surface area (Å²) in [6, 6.07) is 7.44. The number of carbonyl (C=O) groups is 2. The van der Waals surface area contributed by atoms with E-state index >= 15 is 0 Å². The van der Waals surface area contributed by atoms with Gasteiger partial charge in [0.1, 0.15) is 18.3 Å². The SMILES string of the molecule is CC(=O)OC1C(OC(=O)/C=C/c2ccc(C)cc2)C(C)OC(O)C1OC1OC(C)C(O)C(O)C1O. The third kappa shape index (κ3) is 6.64. The highest BCUT2D eigenvalue weighted by Gasteiger charge is 2.52. The number of aliphatic hydroxyl groups is 4. The number of esters is 2. The standard InChI is InChI=1S/C24H32O11/c1-11-5-7-15(8-6-11)9-10-16(26)34-20-13(3)31-23(30)22(21(20)33-14(4)25)35-24-19(29)18(28)17(27)12(2)32-24/h5-10,12-13,17-24,27-30H,1-4H3/b10-9+. The van der Waals surface area contributed by atoms with Gasteiger partial charge in [-0.15, -0.1) is 0 Å². The van der Waals surface area contributed by atoms with Gasteiger partial charge in [-0.05, 0) is 32.4 Å². The van der Waals surface area contributed by atoms with E-state index in [1.54, 1.807) is 6.08 Å². The first-order chi connectivity index (χ1) is 16.5. The van der Waals surface area contributed by atoms with Crippen LogP contribution in [0.2, 0.25) is 0 Å². The molecule has 11 nitrogen and oxygen atoms in total. The Bertz CT molecular complexity index is 901. The highest BCUT2D eigenvalue weighted by molar-refractivity contribution is 5.87. The predicted octanol–water partition coefficient (Wildman–Crippen LogP) is -0.198. The Kier molecular flexibility index (Phi) is 9.00. The third-order valence-corrected chi connectivity index (χ3v) is 5.89. The number of rotatable bonds is 6. The molecule has 0 spiro atoms. The summed E-state index contributed by atoms with van der Waals surface area (Å²) in [5, 5.41) is 40.7. The minimum absolute atomic E-state index is 0.741. The van der Waals surface area contributed by atoms with E-state index < -0.39 is 73.4 Å². The summed E-state index contributed by atoms with van der Waals surface area (Å²) < 4.78 is 27.3. The van der Waals surface area contributed by atoms with Crippen LogP contribution in [0, 0.1) is 6.92 Å². The number of benzene rings is 1. The molecule has 11 heteroatoms.